The second-order valence-electron chi connectivity index (χ2n) is 4.02. The van der Waals surface area contributed by atoms with Crippen LogP contribution in [-0.4, -0.2) is 10.7 Å². The van der Waals surface area contributed by atoms with Crippen LogP contribution in [0.5, 0.6) is 0 Å². The van der Waals surface area contributed by atoms with E-state index in [1.165, 1.54) is 18.2 Å². The van der Waals surface area contributed by atoms with Crippen LogP contribution in [0.15, 0.2) is 59.1 Å². The van der Waals surface area contributed by atoms with Crippen molar-refractivity contribution in [2.75, 3.05) is 0 Å². The highest BCUT2D eigenvalue weighted by molar-refractivity contribution is 9.10. The molecule has 0 unspecified atom stereocenters. The molecule has 0 spiro atoms. The van der Waals surface area contributed by atoms with Gasteiger partial charge in [0.1, 0.15) is 0 Å². The minimum atomic E-state index is -0.468. The number of allylic oxidation sites excluding steroid dienone is 1. The zero-order valence-corrected chi connectivity index (χ0v) is 11.9. The molecule has 0 fully saturated rings. The fourth-order valence-corrected chi connectivity index (χ4v) is 1.93. The summed E-state index contributed by atoms with van der Waals surface area (Å²) in [4.78, 5) is 22.3. The molecule has 0 heterocycles. The first-order valence-corrected chi connectivity index (χ1v) is 6.58. The lowest BCUT2D eigenvalue weighted by Crippen LogP contribution is -1.94. The summed E-state index contributed by atoms with van der Waals surface area (Å²) in [5.41, 5.74) is 0.915. The van der Waals surface area contributed by atoms with Crippen molar-refractivity contribution in [3.05, 3.63) is 80.3 Å². The summed E-state index contributed by atoms with van der Waals surface area (Å²) in [6.07, 6.45) is 2.80. The van der Waals surface area contributed by atoms with E-state index in [2.05, 4.69) is 15.9 Å². The first-order chi connectivity index (χ1) is 9.58. The van der Waals surface area contributed by atoms with Gasteiger partial charge in [0.15, 0.2) is 5.78 Å². The Labute approximate surface area is 124 Å². The second kappa shape index (κ2) is 6.25. The van der Waals surface area contributed by atoms with Crippen molar-refractivity contribution in [2.24, 2.45) is 0 Å². The number of hydrogen-bond acceptors (Lipinski definition) is 3. The highest BCUT2D eigenvalue weighted by Gasteiger charge is 2.10. The van der Waals surface area contributed by atoms with Gasteiger partial charge in [-0.2, -0.15) is 0 Å². The van der Waals surface area contributed by atoms with Crippen molar-refractivity contribution in [2.45, 2.75) is 0 Å². The van der Waals surface area contributed by atoms with Crippen molar-refractivity contribution in [3.8, 4) is 0 Å². The van der Waals surface area contributed by atoms with Gasteiger partial charge >= 0.3 is 0 Å². The number of nitrogens with zero attached hydrogens (tertiary/aromatic N) is 1. The molecule has 4 nitrogen and oxygen atoms in total. The fraction of sp³-hybridized carbons (Fsp3) is 0. The Morgan fingerprint density at radius 3 is 2.40 bits per heavy atom. The third-order valence-electron chi connectivity index (χ3n) is 2.68. The predicted molar refractivity (Wildman–Crippen MR) is 80.6 cm³/mol. The summed E-state index contributed by atoms with van der Waals surface area (Å²) in [7, 11) is 0. The average molecular weight is 332 g/mol. The third kappa shape index (κ3) is 3.39. The Morgan fingerprint density at radius 1 is 1.10 bits per heavy atom. The molecule has 0 saturated heterocycles. The van der Waals surface area contributed by atoms with Gasteiger partial charge in [-0.15, -0.1) is 0 Å². The van der Waals surface area contributed by atoms with Gasteiger partial charge in [-0.05, 0) is 42.5 Å². The van der Waals surface area contributed by atoms with Crippen molar-refractivity contribution in [1.29, 1.82) is 0 Å². The zero-order valence-electron chi connectivity index (χ0n) is 10.3. The van der Waals surface area contributed by atoms with E-state index in [1.807, 2.05) is 0 Å². The van der Waals surface area contributed by atoms with Crippen LogP contribution in [0.25, 0.3) is 6.08 Å². The molecule has 0 aliphatic rings. The highest BCUT2D eigenvalue weighted by atomic mass is 79.9. The minimum Gasteiger partial charge on any atom is -0.289 e. The van der Waals surface area contributed by atoms with Crippen LogP contribution < -0.4 is 0 Å². The summed E-state index contributed by atoms with van der Waals surface area (Å²) >= 11 is 3.29. The molecule has 100 valence electrons. The van der Waals surface area contributed by atoms with Crippen LogP contribution in [0.1, 0.15) is 15.9 Å². The molecule has 2 aromatic carbocycles. The lowest BCUT2D eigenvalue weighted by molar-refractivity contribution is -0.385. The van der Waals surface area contributed by atoms with E-state index in [0.717, 1.165) is 4.47 Å². The SMILES string of the molecule is O=C(C=Cc1ccccc1[N+](=O)[O-])c1ccc(Br)cc1. The number of para-hydroxylation sites is 1. The van der Waals surface area contributed by atoms with Crippen LogP contribution >= 0.6 is 15.9 Å². The van der Waals surface area contributed by atoms with Crippen molar-refractivity contribution in [3.63, 3.8) is 0 Å². The Balaban J connectivity index is 2.23. The van der Waals surface area contributed by atoms with Crippen LogP contribution in [0.4, 0.5) is 5.69 Å². The fourth-order valence-electron chi connectivity index (χ4n) is 1.67. The number of carbonyl (C=O) groups excluding carboxylic acids is 1. The van der Waals surface area contributed by atoms with Gasteiger partial charge < -0.3 is 0 Å². The molecule has 0 saturated carbocycles. The van der Waals surface area contributed by atoms with E-state index in [0.29, 0.717) is 11.1 Å². The number of ketones is 1. The molecule has 0 bridgehead atoms. The molecule has 2 aromatic rings. The Morgan fingerprint density at radius 2 is 1.75 bits per heavy atom. The largest absolute Gasteiger partial charge is 0.289 e. The van der Waals surface area contributed by atoms with E-state index >= 15 is 0 Å². The van der Waals surface area contributed by atoms with Gasteiger partial charge in [0.25, 0.3) is 5.69 Å². The van der Waals surface area contributed by atoms with E-state index in [-0.39, 0.29) is 11.5 Å². The van der Waals surface area contributed by atoms with Crippen molar-refractivity contribution >= 4 is 33.5 Å². The molecular formula is C15H10BrNO3. The molecular weight excluding hydrogens is 322 g/mol. The van der Waals surface area contributed by atoms with Crippen molar-refractivity contribution < 1.29 is 9.72 Å². The number of nitro groups is 1. The molecule has 0 aromatic heterocycles. The number of rotatable bonds is 4. The summed E-state index contributed by atoms with van der Waals surface area (Å²) in [5, 5.41) is 10.9. The zero-order chi connectivity index (χ0) is 14.5. The maximum absolute atomic E-state index is 11.9. The standard InChI is InChI=1S/C15H10BrNO3/c16-13-8-5-12(6-9-13)15(18)10-7-11-3-1-2-4-14(11)17(19)20/h1-10H. The predicted octanol–water partition coefficient (Wildman–Crippen LogP) is 4.25. The number of nitro benzene ring substituents is 1. The summed E-state index contributed by atoms with van der Waals surface area (Å²) in [5.74, 6) is -0.198. The molecule has 0 amide bonds. The van der Waals surface area contributed by atoms with Crippen LogP contribution in [0, 0.1) is 10.1 Å². The second-order valence-corrected chi connectivity index (χ2v) is 4.94. The molecule has 5 heteroatoms. The molecule has 0 aliphatic carbocycles. The van der Waals surface area contributed by atoms with E-state index < -0.39 is 4.92 Å². The molecule has 2 rings (SSSR count). The number of halogens is 1. The monoisotopic (exact) mass is 331 g/mol. The van der Waals surface area contributed by atoms with E-state index in [1.54, 1.807) is 42.5 Å². The number of carbonyl (C=O) groups is 1. The molecule has 0 N–H and O–H groups in total. The summed E-state index contributed by atoms with van der Waals surface area (Å²) < 4.78 is 0.886. The van der Waals surface area contributed by atoms with Gasteiger partial charge in [-0.1, -0.05) is 28.1 Å². The number of hydrogen-bond donors (Lipinski definition) is 0. The Bertz CT molecular complexity index is 678. The van der Waals surface area contributed by atoms with E-state index in [9.17, 15) is 14.9 Å². The van der Waals surface area contributed by atoms with Gasteiger partial charge in [0.2, 0.25) is 0 Å². The first kappa shape index (κ1) is 14.1. The highest BCUT2D eigenvalue weighted by Crippen LogP contribution is 2.19. The van der Waals surface area contributed by atoms with Gasteiger partial charge in [-0.25, -0.2) is 0 Å². The quantitative estimate of drug-likeness (QED) is 0.364. The van der Waals surface area contributed by atoms with Crippen molar-refractivity contribution in [1.82, 2.24) is 0 Å². The summed E-state index contributed by atoms with van der Waals surface area (Å²) in [6.45, 7) is 0. The van der Waals surface area contributed by atoms with Crippen LogP contribution in [-0.2, 0) is 0 Å². The van der Waals surface area contributed by atoms with Crippen LogP contribution in [0.2, 0.25) is 0 Å². The lowest BCUT2D eigenvalue weighted by Gasteiger charge is -1.98. The minimum absolute atomic E-state index is 0.0210. The summed E-state index contributed by atoms with van der Waals surface area (Å²) in [6, 6.07) is 13.2. The maximum Gasteiger partial charge on any atom is 0.276 e. The normalized spacial score (nSPS) is 10.7. The third-order valence-corrected chi connectivity index (χ3v) is 3.21. The molecule has 0 atom stereocenters. The average Bonchev–Trinajstić information content (AvgIpc) is 2.45. The smallest absolute Gasteiger partial charge is 0.276 e. The maximum atomic E-state index is 11.9. The molecule has 20 heavy (non-hydrogen) atoms. The lowest BCUT2D eigenvalue weighted by atomic mass is 10.1. The van der Waals surface area contributed by atoms with Gasteiger partial charge in [0.05, 0.1) is 10.5 Å². The Hall–Kier alpha value is -2.27. The first-order valence-electron chi connectivity index (χ1n) is 5.79. The van der Waals surface area contributed by atoms with Gasteiger partial charge in [-0.3, -0.25) is 14.9 Å². The van der Waals surface area contributed by atoms with E-state index in [4.69, 9.17) is 0 Å². The Kier molecular flexibility index (Phi) is 4.42. The number of benzene rings is 2. The molecule has 0 aliphatic heterocycles. The topological polar surface area (TPSA) is 60.2 Å². The van der Waals surface area contributed by atoms with Crippen LogP contribution in [0.3, 0.4) is 0 Å². The molecule has 0 radical (unpaired) electrons. The van der Waals surface area contributed by atoms with Gasteiger partial charge in [0, 0.05) is 16.1 Å².